The molecule has 1 rings (SSSR count). The molecule has 0 N–H and O–H groups in total. The summed E-state index contributed by atoms with van der Waals surface area (Å²) in [6, 6.07) is 7.19. The largest absolute Gasteiger partial charge is 0.497 e. The first-order chi connectivity index (χ1) is 10.9. The molecule has 0 radical (unpaired) electrons. The monoisotopic (exact) mass is 318 g/mol. The minimum Gasteiger partial charge on any atom is -0.497 e. The molecule has 5 nitrogen and oxygen atoms in total. The van der Waals surface area contributed by atoms with Crippen molar-refractivity contribution in [1.29, 1.82) is 0 Å². The van der Waals surface area contributed by atoms with Crippen LogP contribution >= 0.6 is 0 Å². The van der Waals surface area contributed by atoms with Crippen LogP contribution in [-0.2, 0) is 19.1 Å². The maximum Gasteiger partial charge on any atom is 0.323 e. The fraction of sp³-hybridized carbons (Fsp3) is 0.444. The third-order valence-corrected chi connectivity index (χ3v) is 3.36. The van der Waals surface area contributed by atoms with E-state index in [1.807, 2.05) is 0 Å². The van der Waals surface area contributed by atoms with Gasteiger partial charge in [0, 0.05) is 12.0 Å². The van der Waals surface area contributed by atoms with Gasteiger partial charge in [-0.05, 0) is 44.5 Å². The summed E-state index contributed by atoms with van der Waals surface area (Å²) >= 11 is 0. The van der Waals surface area contributed by atoms with E-state index in [4.69, 9.17) is 9.47 Å². The summed E-state index contributed by atoms with van der Waals surface area (Å²) in [5.41, 5.74) is -0.316. The molecule has 0 saturated carbocycles. The molecule has 0 aliphatic heterocycles. The second-order valence-electron chi connectivity index (χ2n) is 5.11. The molecule has 124 valence electrons. The highest BCUT2D eigenvalue weighted by atomic mass is 16.5. The standard InChI is InChI=1S/C18H22O5/c1-5-23-17(20)18(2,13-11-16(19)22-4)12-10-14-6-8-15(21-3)9-7-14/h6-9H,5,11,13H2,1-4H3. The molecule has 0 aliphatic carbocycles. The number of ether oxygens (including phenoxy) is 3. The molecule has 0 bridgehead atoms. The first kappa shape index (κ1) is 18.6. The van der Waals surface area contributed by atoms with E-state index < -0.39 is 11.4 Å². The summed E-state index contributed by atoms with van der Waals surface area (Å²) in [6.45, 7) is 3.66. The molecule has 0 amide bonds. The van der Waals surface area contributed by atoms with Gasteiger partial charge in [0.25, 0.3) is 0 Å². The molecule has 0 spiro atoms. The van der Waals surface area contributed by atoms with Crippen LogP contribution in [0.4, 0.5) is 0 Å². The van der Waals surface area contributed by atoms with Crippen molar-refractivity contribution in [3.63, 3.8) is 0 Å². The molecule has 0 aliphatic rings. The Morgan fingerprint density at radius 1 is 1.17 bits per heavy atom. The van der Waals surface area contributed by atoms with Crippen LogP contribution in [-0.4, -0.2) is 32.8 Å². The van der Waals surface area contributed by atoms with Crippen LogP contribution in [0, 0.1) is 17.3 Å². The van der Waals surface area contributed by atoms with E-state index >= 15 is 0 Å². The van der Waals surface area contributed by atoms with Crippen molar-refractivity contribution in [2.24, 2.45) is 5.41 Å². The van der Waals surface area contributed by atoms with Gasteiger partial charge in [0.1, 0.15) is 11.2 Å². The van der Waals surface area contributed by atoms with Gasteiger partial charge in [-0.15, -0.1) is 0 Å². The van der Waals surface area contributed by atoms with E-state index in [1.165, 1.54) is 7.11 Å². The molecule has 1 aromatic carbocycles. The van der Waals surface area contributed by atoms with E-state index in [-0.39, 0.29) is 25.4 Å². The van der Waals surface area contributed by atoms with Gasteiger partial charge in [-0.25, -0.2) is 0 Å². The fourth-order valence-electron chi connectivity index (χ4n) is 1.84. The second-order valence-corrected chi connectivity index (χ2v) is 5.11. The van der Waals surface area contributed by atoms with Gasteiger partial charge in [0.2, 0.25) is 0 Å². The Morgan fingerprint density at radius 2 is 1.83 bits per heavy atom. The molecule has 1 aromatic rings. The van der Waals surface area contributed by atoms with Gasteiger partial charge in [0.05, 0.1) is 20.8 Å². The third kappa shape index (κ3) is 5.67. The number of benzene rings is 1. The molecular formula is C18H22O5. The highest BCUT2D eigenvalue weighted by Gasteiger charge is 2.33. The number of methoxy groups -OCH3 is 2. The molecule has 0 fully saturated rings. The van der Waals surface area contributed by atoms with Crippen LogP contribution < -0.4 is 4.74 Å². The van der Waals surface area contributed by atoms with Crippen LogP contribution in [0.25, 0.3) is 0 Å². The van der Waals surface area contributed by atoms with Crippen LogP contribution in [0.2, 0.25) is 0 Å². The zero-order chi connectivity index (χ0) is 17.3. The normalized spacial score (nSPS) is 12.3. The second kappa shape index (κ2) is 8.84. The summed E-state index contributed by atoms with van der Waals surface area (Å²) in [4.78, 5) is 23.5. The first-order valence-corrected chi connectivity index (χ1v) is 7.36. The number of rotatable bonds is 6. The lowest BCUT2D eigenvalue weighted by Gasteiger charge is -2.20. The Bertz CT molecular complexity index is 594. The molecule has 23 heavy (non-hydrogen) atoms. The molecule has 5 heteroatoms. The van der Waals surface area contributed by atoms with E-state index in [0.717, 1.165) is 11.3 Å². The summed E-state index contributed by atoms with van der Waals surface area (Å²) < 4.78 is 14.8. The van der Waals surface area contributed by atoms with Crippen molar-refractivity contribution in [2.75, 3.05) is 20.8 Å². The zero-order valence-electron chi connectivity index (χ0n) is 14.0. The number of carbonyl (C=O) groups excluding carboxylic acids is 2. The molecule has 1 atom stereocenters. The minimum atomic E-state index is -1.07. The summed E-state index contributed by atoms with van der Waals surface area (Å²) in [5.74, 6) is 5.81. The Labute approximate surface area is 136 Å². The van der Waals surface area contributed by atoms with Gasteiger partial charge < -0.3 is 14.2 Å². The number of hydrogen-bond acceptors (Lipinski definition) is 5. The average Bonchev–Trinajstić information content (AvgIpc) is 2.58. The van der Waals surface area contributed by atoms with Gasteiger partial charge in [0.15, 0.2) is 0 Å². The molecule has 1 unspecified atom stereocenters. The SMILES string of the molecule is CCOC(=O)C(C)(C#Cc1ccc(OC)cc1)CCC(=O)OC. The Kier molecular flexibility index (Phi) is 7.14. The van der Waals surface area contributed by atoms with E-state index in [0.29, 0.717) is 0 Å². The highest BCUT2D eigenvalue weighted by molar-refractivity contribution is 5.81. The topological polar surface area (TPSA) is 61.8 Å². The Hall–Kier alpha value is -2.48. The first-order valence-electron chi connectivity index (χ1n) is 7.36. The summed E-state index contributed by atoms with van der Waals surface area (Å²) in [5, 5.41) is 0. The van der Waals surface area contributed by atoms with Crippen LogP contribution in [0.1, 0.15) is 32.3 Å². The van der Waals surface area contributed by atoms with Crippen molar-refractivity contribution in [2.45, 2.75) is 26.7 Å². The predicted molar refractivity (Wildman–Crippen MR) is 85.9 cm³/mol. The van der Waals surface area contributed by atoms with Crippen LogP contribution in [0.3, 0.4) is 0 Å². The average molecular weight is 318 g/mol. The quantitative estimate of drug-likeness (QED) is 0.596. The number of hydrogen-bond donors (Lipinski definition) is 0. The Balaban J connectivity index is 2.97. The summed E-state index contributed by atoms with van der Waals surface area (Å²) in [7, 11) is 2.90. The zero-order valence-corrected chi connectivity index (χ0v) is 14.0. The maximum absolute atomic E-state index is 12.2. The smallest absolute Gasteiger partial charge is 0.323 e. The number of carbonyl (C=O) groups is 2. The van der Waals surface area contributed by atoms with Gasteiger partial charge in [-0.1, -0.05) is 11.8 Å². The molecule has 0 heterocycles. The lowest BCUT2D eigenvalue weighted by atomic mass is 9.85. The number of esters is 2. The maximum atomic E-state index is 12.2. The van der Waals surface area contributed by atoms with E-state index in [9.17, 15) is 9.59 Å². The molecular weight excluding hydrogens is 296 g/mol. The van der Waals surface area contributed by atoms with E-state index in [1.54, 1.807) is 45.2 Å². The summed E-state index contributed by atoms with van der Waals surface area (Å²) in [6.07, 6.45) is 0.338. The van der Waals surface area contributed by atoms with Crippen molar-refractivity contribution < 1.29 is 23.8 Å². The highest BCUT2D eigenvalue weighted by Crippen LogP contribution is 2.25. The Morgan fingerprint density at radius 3 is 2.35 bits per heavy atom. The van der Waals surface area contributed by atoms with Crippen molar-refractivity contribution >= 4 is 11.9 Å². The lowest BCUT2D eigenvalue weighted by molar-refractivity contribution is -0.152. The van der Waals surface area contributed by atoms with Crippen LogP contribution in [0.5, 0.6) is 5.75 Å². The van der Waals surface area contributed by atoms with Crippen molar-refractivity contribution in [3.8, 4) is 17.6 Å². The van der Waals surface area contributed by atoms with Gasteiger partial charge in [-0.2, -0.15) is 0 Å². The van der Waals surface area contributed by atoms with Crippen molar-refractivity contribution in [1.82, 2.24) is 0 Å². The van der Waals surface area contributed by atoms with Crippen molar-refractivity contribution in [3.05, 3.63) is 29.8 Å². The van der Waals surface area contributed by atoms with Gasteiger partial charge >= 0.3 is 11.9 Å². The molecule has 0 aromatic heterocycles. The van der Waals surface area contributed by atoms with Crippen LogP contribution in [0.15, 0.2) is 24.3 Å². The fourth-order valence-corrected chi connectivity index (χ4v) is 1.84. The predicted octanol–water partition coefficient (Wildman–Crippen LogP) is 2.57. The third-order valence-electron chi connectivity index (χ3n) is 3.36. The lowest BCUT2D eigenvalue weighted by Crippen LogP contribution is -2.29. The van der Waals surface area contributed by atoms with Gasteiger partial charge in [-0.3, -0.25) is 9.59 Å². The van der Waals surface area contributed by atoms with E-state index in [2.05, 4.69) is 16.6 Å². The minimum absolute atomic E-state index is 0.100. The molecule has 0 saturated heterocycles.